The highest BCUT2D eigenvalue weighted by Gasteiger charge is 2.06. The van der Waals surface area contributed by atoms with E-state index in [1.54, 1.807) is 17.1 Å². The van der Waals surface area contributed by atoms with Crippen molar-refractivity contribution in [3.8, 4) is 0 Å². The van der Waals surface area contributed by atoms with E-state index in [-0.39, 0.29) is 5.56 Å². The van der Waals surface area contributed by atoms with Gasteiger partial charge in [0.05, 0.1) is 23.8 Å². The summed E-state index contributed by atoms with van der Waals surface area (Å²) in [6.45, 7) is 1.11. The van der Waals surface area contributed by atoms with Crippen molar-refractivity contribution >= 4 is 31.9 Å². The first-order valence-corrected chi connectivity index (χ1v) is 6.15. The molecule has 0 fully saturated rings. The van der Waals surface area contributed by atoms with E-state index in [0.717, 1.165) is 0 Å². The number of nitrogens with zero attached hydrogens (tertiary/aromatic N) is 4. The average Bonchev–Trinajstić information content (AvgIpc) is 2.78. The molecule has 0 aliphatic carbocycles. The van der Waals surface area contributed by atoms with Crippen molar-refractivity contribution in [1.29, 1.82) is 0 Å². The molecule has 0 saturated heterocycles. The molecule has 84 valence electrons. The minimum absolute atomic E-state index is 0.151. The van der Waals surface area contributed by atoms with Crippen molar-refractivity contribution in [2.45, 2.75) is 13.1 Å². The molecule has 2 aromatic heterocycles. The molecule has 0 atom stereocenters. The molecule has 7 heteroatoms. The first kappa shape index (κ1) is 11.5. The third-order valence-corrected chi connectivity index (χ3v) is 3.94. The third-order valence-electron chi connectivity index (χ3n) is 2.04. The first-order valence-electron chi connectivity index (χ1n) is 4.57. The molecule has 0 radical (unpaired) electrons. The van der Waals surface area contributed by atoms with E-state index < -0.39 is 0 Å². The highest BCUT2D eigenvalue weighted by molar-refractivity contribution is 9.13. The van der Waals surface area contributed by atoms with E-state index in [4.69, 9.17) is 0 Å². The molecule has 0 aromatic carbocycles. The lowest BCUT2D eigenvalue weighted by atomic mass is 10.5. The van der Waals surface area contributed by atoms with Gasteiger partial charge in [-0.2, -0.15) is 10.2 Å². The first-order chi connectivity index (χ1) is 7.68. The van der Waals surface area contributed by atoms with Crippen LogP contribution in [0.1, 0.15) is 0 Å². The summed E-state index contributed by atoms with van der Waals surface area (Å²) < 4.78 is 4.30. The van der Waals surface area contributed by atoms with Crippen molar-refractivity contribution in [3.05, 3.63) is 44.0 Å². The number of hydrogen-bond donors (Lipinski definition) is 0. The summed E-state index contributed by atoms with van der Waals surface area (Å²) in [6.07, 6.45) is 5.14. The molecule has 0 spiro atoms. The van der Waals surface area contributed by atoms with E-state index in [9.17, 15) is 4.79 Å². The fraction of sp³-hybridized carbons (Fsp3) is 0.222. The van der Waals surface area contributed by atoms with Crippen LogP contribution in [-0.4, -0.2) is 19.6 Å². The van der Waals surface area contributed by atoms with Crippen molar-refractivity contribution < 1.29 is 0 Å². The topological polar surface area (TPSA) is 52.7 Å². The zero-order valence-electron chi connectivity index (χ0n) is 8.18. The zero-order valence-corrected chi connectivity index (χ0v) is 11.3. The third kappa shape index (κ3) is 2.41. The summed E-state index contributed by atoms with van der Waals surface area (Å²) in [5, 5.41) is 8.08. The van der Waals surface area contributed by atoms with E-state index in [2.05, 4.69) is 42.1 Å². The number of halogens is 2. The summed E-state index contributed by atoms with van der Waals surface area (Å²) in [5.74, 6) is 0. The predicted molar refractivity (Wildman–Crippen MR) is 66.1 cm³/mol. The van der Waals surface area contributed by atoms with Gasteiger partial charge < -0.3 is 0 Å². The number of aromatic nitrogens is 4. The lowest BCUT2D eigenvalue weighted by Gasteiger charge is -2.05. The zero-order chi connectivity index (χ0) is 11.5. The van der Waals surface area contributed by atoms with Crippen molar-refractivity contribution in [2.24, 2.45) is 0 Å². The minimum atomic E-state index is -0.151. The summed E-state index contributed by atoms with van der Waals surface area (Å²) in [6, 6.07) is 1.84. The van der Waals surface area contributed by atoms with Gasteiger partial charge in [0.1, 0.15) is 4.47 Å². The van der Waals surface area contributed by atoms with Crippen molar-refractivity contribution in [2.75, 3.05) is 0 Å². The average molecular weight is 348 g/mol. The van der Waals surface area contributed by atoms with Gasteiger partial charge in [-0.3, -0.25) is 9.48 Å². The van der Waals surface area contributed by atoms with Gasteiger partial charge in [-0.25, -0.2) is 4.68 Å². The smallest absolute Gasteiger partial charge is 0.271 e. The second-order valence-electron chi connectivity index (χ2n) is 3.10. The summed E-state index contributed by atoms with van der Waals surface area (Å²) >= 11 is 6.44. The normalized spacial score (nSPS) is 10.6. The van der Waals surface area contributed by atoms with E-state index in [1.807, 2.05) is 12.3 Å². The molecule has 0 unspecified atom stereocenters. The second-order valence-corrected chi connectivity index (χ2v) is 4.75. The Morgan fingerprint density at radius 1 is 1.25 bits per heavy atom. The molecular formula is C9H8Br2N4O. The van der Waals surface area contributed by atoms with Gasteiger partial charge in [0.15, 0.2) is 0 Å². The molecule has 16 heavy (non-hydrogen) atoms. The second kappa shape index (κ2) is 4.92. The Morgan fingerprint density at radius 3 is 2.75 bits per heavy atom. The Kier molecular flexibility index (Phi) is 3.55. The molecular weight excluding hydrogens is 340 g/mol. The van der Waals surface area contributed by atoms with Crippen LogP contribution in [0.4, 0.5) is 0 Å². The van der Waals surface area contributed by atoms with Gasteiger partial charge in [-0.05, 0) is 37.9 Å². The highest BCUT2D eigenvalue weighted by Crippen LogP contribution is 2.16. The van der Waals surface area contributed by atoms with Gasteiger partial charge in [0.25, 0.3) is 5.56 Å². The Hall–Kier alpha value is -0.950. The maximum Gasteiger partial charge on any atom is 0.282 e. The molecule has 2 aromatic rings. The fourth-order valence-electron chi connectivity index (χ4n) is 1.23. The van der Waals surface area contributed by atoms with Gasteiger partial charge in [0, 0.05) is 12.4 Å². The highest BCUT2D eigenvalue weighted by atomic mass is 79.9. The Balaban J connectivity index is 2.17. The van der Waals surface area contributed by atoms with Crippen molar-refractivity contribution in [1.82, 2.24) is 19.6 Å². The van der Waals surface area contributed by atoms with Crippen LogP contribution in [0.25, 0.3) is 0 Å². The van der Waals surface area contributed by atoms with Crippen molar-refractivity contribution in [3.63, 3.8) is 0 Å². The van der Waals surface area contributed by atoms with Crippen LogP contribution < -0.4 is 5.56 Å². The van der Waals surface area contributed by atoms with Crippen LogP contribution >= 0.6 is 31.9 Å². The summed E-state index contributed by atoms with van der Waals surface area (Å²) in [7, 11) is 0. The summed E-state index contributed by atoms with van der Waals surface area (Å²) in [4.78, 5) is 11.7. The number of aryl methyl sites for hydroxylation is 2. The molecule has 0 aliphatic heterocycles. The fourth-order valence-corrected chi connectivity index (χ4v) is 1.80. The van der Waals surface area contributed by atoms with E-state index in [0.29, 0.717) is 22.0 Å². The van der Waals surface area contributed by atoms with Gasteiger partial charge >= 0.3 is 0 Å². The predicted octanol–water partition coefficient (Wildman–Crippen LogP) is 1.66. The Bertz CT molecular complexity index is 535. The molecule has 0 amide bonds. The van der Waals surface area contributed by atoms with Crippen LogP contribution in [0.5, 0.6) is 0 Å². The number of rotatable bonds is 3. The Morgan fingerprint density at radius 2 is 2.06 bits per heavy atom. The van der Waals surface area contributed by atoms with Gasteiger partial charge in [-0.15, -0.1) is 0 Å². The molecule has 0 N–H and O–H groups in total. The molecule has 0 saturated carbocycles. The maximum absolute atomic E-state index is 11.7. The minimum Gasteiger partial charge on any atom is -0.271 e. The molecule has 0 aliphatic rings. The lowest BCUT2D eigenvalue weighted by molar-refractivity contribution is 0.480. The van der Waals surface area contributed by atoms with Crippen LogP contribution in [-0.2, 0) is 13.1 Å². The quantitative estimate of drug-likeness (QED) is 0.848. The van der Waals surface area contributed by atoms with Gasteiger partial charge in [0.2, 0.25) is 0 Å². The van der Waals surface area contributed by atoms with Gasteiger partial charge in [-0.1, -0.05) is 0 Å². The monoisotopic (exact) mass is 346 g/mol. The standard InChI is InChI=1S/C9H8Br2N4O/c10-7-6-13-15(9(16)8(7)11)5-4-14-3-1-2-12-14/h1-3,6H,4-5H2. The lowest BCUT2D eigenvalue weighted by Crippen LogP contribution is -2.25. The molecule has 2 rings (SSSR count). The largest absolute Gasteiger partial charge is 0.282 e. The molecule has 5 nitrogen and oxygen atoms in total. The van der Waals surface area contributed by atoms with Crippen LogP contribution in [0, 0.1) is 0 Å². The van der Waals surface area contributed by atoms with Crippen LogP contribution in [0.2, 0.25) is 0 Å². The van der Waals surface area contributed by atoms with Crippen LogP contribution in [0.15, 0.2) is 38.4 Å². The number of hydrogen-bond acceptors (Lipinski definition) is 3. The molecule has 2 heterocycles. The maximum atomic E-state index is 11.7. The molecule has 0 bridgehead atoms. The SMILES string of the molecule is O=c1c(Br)c(Br)cnn1CCn1cccn1. The Labute approximate surface area is 108 Å². The van der Waals surface area contributed by atoms with E-state index in [1.165, 1.54) is 4.68 Å². The van der Waals surface area contributed by atoms with E-state index >= 15 is 0 Å². The van der Waals surface area contributed by atoms with Crippen LogP contribution in [0.3, 0.4) is 0 Å². The summed E-state index contributed by atoms with van der Waals surface area (Å²) in [5.41, 5.74) is -0.151.